The van der Waals surface area contributed by atoms with Crippen LogP contribution in [0.15, 0.2) is 78.0 Å². The van der Waals surface area contributed by atoms with Crippen LogP contribution in [0, 0.1) is 5.82 Å². The van der Waals surface area contributed by atoms with Gasteiger partial charge in [-0.15, -0.1) is 0 Å². The summed E-state index contributed by atoms with van der Waals surface area (Å²) in [5, 5.41) is 13.0. The van der Waals surface area contributed by atoms with Gasteiger partial charge in [0.05, 0.1) is 43.5 Å². The van der Waals surface area contributed by atoms with Crippen LogP contribution in [-0.2, 0) is 11.3 Å². The van der Waals surface area contributed by atoms with Crippen molar-refractivity contribution in [1.82, 2.24) is 15.0 Å². The van der Waals surface area contributed by atoms with E-state index in [-0.39, 0.29) is 12.3 Å². The Bertz CT molecular complexity index is 1340. The molecule has 36 heavy (non-hydrogen) atoms. The first-order valence-corrected chi connectivity index (χ1v) is 11.6. The number of nitrogens with one attached hydrogen (secondary N) is 1. The summed E-state index contributed by atoms with van der Waals surface area (Å²) < 4.78 is 19.5. The lowest BCUT2D eigenvalue weighted by Gasteiger charge is -2.28. The normalized spacial score (nSPS) is 13.8. The van der Waals surface area contributed by atoms with Crippen molar-refractivity contribution in [3.05, 3.63) is 90.4 Å². The number of aromatic nitrogens is 3. The lowest BCUT2D eigenvalue weighted by atomic mass is 10.1. The molecule has 1 aliphatic heterocycles. The number of phenolic OH excluding ortho intramolecular Hbond substituents is 1. The van der Waals surface area contributed by atoms with Crippen LogP contribution in [0.2, 0.25) is 0 Å². The van der Waals surface area contributed by atoms with E-state index in [2.05, 4.69) is 25.3 Å². The van der Waals surface area contributed by atoms with Gasteiger partial charge in [-0.1, -0.05) is 24.3 Å². The molecule has 1 fully saturated rings. The molecule has 0 unspecified atom stereocenters. The zero-order valence-electron chi connectivity index (χ0n) is 19.5. The summed E-state index contributed by atoms with van der Waals surface area (Å²) in [5.74, 6) is 0.541. The quantitative estimate of drug-likeness (QED) is 0.371. The fraction of sp³-hybridized carbons (Fsp3) is 0.185. The zero-order valence-corrected chi connectivity index (χ0v) is 19.5. The molecule has 182 valence electrons. The minimum absolute atomic E-state index is 0.227. The zero-order chi connectivity index (χ0) is 24.7. The van der Waals surface area contributed by atoms with Crippen LogP contribution in [0.4, 0.5) is 21.6 Å². The SMILES string of the molecule is Oc1cccc(-c2ccc(Nc3ccc(C=NCc4ncc(F)c(N5CCOCC5)n4)nc3)cc2)c1. The van der Waals surface area contributed by atoms with Gasteiger partial charge in [0.2, 0.25) is 0 Å². The summed E-state index contributed by atoms with van der Waals surface area (Å²) in [7, 11) is 0. The molecule has 1 saturated heterocycles. The van der Waals surface area contributed by atoms with Crippen molar-refractivity contribution in [2.45, 2.75) is 6.54 Å². The van der Waals surface area contributed by atoms with Crippen molar-refractivity contribution in [1.29, 1.82) is 0 Å². The fourth-order valence-corrected chi connectivity index (χ4v) is 3.84. The number of phenols is 1. The first kappa shape index (κ1) is 23.4. The highest BCUT2D eigenvalue weighted by Crippen LogP contribution is 2.25. The van der Waals surface area contributed by atoms with E-state index in [1.807, 2.05) is 53.4 Å². The summed E-state index contributed by atoms with van der Waals surface area (Å²) >= 11 is 0. The van der Waals surface area contributed by atoms with E-state index in [4.69, 9.17) is 4.74 Å². The van der Waals surface area contributed by atoms with Crippen molar-refractivity contribution < 1.29 is 14.2 Å². The molecule has 0 bridgehead atoms. The molecule has 9 heteroatoms. The third-order valence-corrected chi connectivity index (χ3v) is 5.68. The Labute approximate surface area is 208 Å². The molecule has 2 N–H and O–H groups in total. The van der Waals surface area contributed by atoms with Gasteiger partial charge in [-0.3, -0.25) is 9.98 Å². The molecule has 2 aromatic heterocycles. The monoisotopic (exact) mass is 484 g/mol. The van der Waals surface area contributed by atoms with Crippen molar-refractivity contribution in [3.8, 4) is 16.9 Å². The van der Waals surface area contributed by atoms with E-state index < -0.39 is 5.82 Å². The van der Waals surface area contributed by atoms with Crippen LogP contribution >= 0.6 is 0 Å². The lowest BCUT2D eigenvalue weighted by molar-refractivity contribution is 0.122. The van der Waals surface area contributed by atoms with Gasteiger partial charge in [-0.2, -0.15) is 0 Å². The minimum atomic E-state index is -0.441. The van der Waals surface area contributed by atoms with Gasteiger partial charge in [0.25, 0.3) is 0 Å². The smallest absolute Gasteiger partial charge is 0.183 e. The van der Waals surface area contributed by atoms with Gasteiger partial charge in [0, 0.05) is 25.0 Å². The molecule has 4 aromatic rings. The van der Waals surface area contributed by atoms with E-state index in [0.717, 1.165) is 22.5 Å². The fourth-order valence-electron chi connectivity index (χ4n) is 3.84. The highest BCUT2D eigenvalue weighted by molar-refractivity contribution is 5.77. The Balaban J connectivity index is 1.18. The summed E-state index contributed by atoms with van der Waals surface area (Å²) in [5.41, 5.74) is 4.43. The average molecular weight is 485 g/mol. The van der Waals surface area contributed by atoms with Crippen LogP contribution < -0.4 is 10.2 Å². The Hall–Kier alpha value is -4.37. The predicted molar refractivity (Wildman–Crippen MR) is 137 cm³/mol. The Morgan fingerprint density at radius 2 is 1.78 bits per heavy atom. The van der Waals surface area contributed by atoms with E-state index >= 15 is 0 Å². The maximum atomic E-state index is 14.2. The standard InChI is InChI=1S/C27H25FN6O2/c28-25-17-31-26(33-27(25)34-10-12-36-13-11-34)18-29-15-22-8-9-23(16-30-22)32-21-6-4-19(5-7-21)20-2-1-3-24(35)14-20/h1-9,14-17,32,35H,10-13,18H2. The number of benzene rings is 2. The molecular weight excluding hydrogens is 459 g/mol. The molecule has 0 aliphatic carbocycles. The third kappa shape index (κ3) is 5.81. The summed E-state index contributed by atoms with van der Waals surface area (Å²) in [6.07, 6.45) is 4.57. The highest BCUT2D eigenvalue weighted by Gasteiger charge is 2.17. The van der Waals surface area contributed by atoms with Crippen LogP contribution in [0.25, 0.3) is 11.1 Å². The number of aliphatic imine (C=N–C) groups is 1. The molecule has 0 radical (unpaired) electrons. The summed E-state index contributed by atoms with van der Waals surface area (Å²) in [4.78, 5) is 19.1. The molecular formula is C27H25FN6O2. The average Bonchev–Trinajstić information content (AvgIpc) is 2.91. The second-order valence-electron chi connectivity index (χ2n) is 8.25. The lowest BCUT2D eigenvalue weighted by Crippen LogP contribution is -2.37. The molecule has 3 heterocycles. The second kappa shape index (κ2) is 10.9. The number of halogens is 1. The van der Waals surface area contributed by atoms with Gasteiger partial charge in [0.15, 0.2) is 17.5 Å². The number of hydrogen-bond acceptors (Lipinski definition) is 8. The van der Waals surface area contributed by atoms with Gasteiger partial charge in [-0.05, 0) is 47.5 Å². The van der Waals surface area contributed by atoms with E-state index in [9.17, 15) is 9.50 Å². The van der Waals surface area contributed by atoms with Crippen LogP contribution in [0.3, 0.4) is 0 Å². The molecule has 1 aliphatic rings. The third-order valence-electron chi connectivity index (χ3n) is 5.68. The number of morpholine rings is 1. The second-order valence-corrected chi connectivity index (χ2v) is 8.25. The Morgan fingerprint density at radius 3 is 2.53 bits per heavy atom. The van der Waals surface area contributed by atoms with Crippen molar-refractivity contribution >= 4 is 23.4 Å². The number of pyridine rings is 1. The topological polar surface area (TPSA) is 95.8 Å². The number of ether oxygens (including phenoxy) is 1. The number of aromatic hydroxyl groups is 1. The maximum absolute atomic E-state index is 14.2. The Morgan fingerprint density at radius 1 is 0.972 bits per heavy atom. The minimum Gasteiger partial charge on any atom is -0.508 e. The van der Waals surface area contributed by atoms with E-state index in [0.29, 0.717) is 43.6 Å². The van der Waals surface area contributed by atoms with Gasteiger partial charge < -0.3 is 20.1 Å². The largest absolute Gasteiger partial charge is 0.508 e. The van der Waals surface area contributed by atoms with E-state index in [1.165, 1.54) is 6.20 Å². The first-order valence-electron chi connectivity index (χ1n) is 11.6. The van der Waals surface area contributed by atoms with Gasteiger partial charge >= 0.3 is 0 Å². The van der Waals surface area contributed by atoms with Crippen LogP contribution in [0.1, 0.15) is 11.5 Å². The molecule has 0 spiro atoms. The molecule has 2 aromatic carbocycles. The summed E-state index contributed by atoms with van der Waals surface area (Å²) in [6, 6.07) is 18.9. The first-order chi connectivity index (χ1) is 17.6. The number of hydrogen-bond donors (Lipinski definition) is 2. The van der Waals surface area contributed by atoms with Gasteiger partial charge in [0.1, 0.15) is 5.75 Å². The van der Waals surface area contributed by atoms with Crippen molar-refractivity contribution in [3.63, 3.8) is 0 Å². The Kier molecular flexibility index (Phi) is 7.09. The molecule has 0 atom stereocenters. The summed E-state index contributed by atoms with van der Waals surface area (Å²) in [6.45, 7) is 2.53. The molecule has 0 saturated carbocycles. The van der Waals surface area contributed by atoms with Crippen molar-refractivity contribution in [2.24, 2.45) is 4.99 Å². The van der Waals surface area contributed by atoms with Crippen molar-refractivity contribution in [2.75, 3.05) is 36.5 Å². The highest BCUT2D eigenvalue weighted by atomic mass is 19.1. The van der Waals surface area contributed by atoms with Gasteiger partial charge in [-0.25, -0.2) is 14.4 Å². The number of nitrogens with zero attached hydrogens (tertiary/aromatic N) is 5. The number of rotatable bonds is 7. The maximum Gasteiger partial charge on any atom is 0.183 e. The number of anilines is 3. The molecule has 0 amide bonds. The van der Waals surface area contributed by atoms with E-state index in [1.54, 1.807) is 24.5 Å². The predicted octanol–water partition coefficient (Wildman–Crippen LogP) is 4.58. The van der Waals surface area contributed by atoms with Crippen LogP contribution in [0.5, 0.6) is 5.75 Å². The molecule has 8 nitrogen and oxygen atoms in total. The van der Waals surface area contributed by atoms with Crippen LogP contribution in [-0.4, -0.2) is 52.6 Å². The molecule has 5 rings (SSSR count).